The van der Waals surface area contributed by atoms with Crippen LogP contribution in [0.1, 0.15) is 40.0 Å². The van der Waals surface area contributed by atoms with Crippen molar-refractivity contribution in [2.45, 2.75) is 52.6 Å². The zero-order valence-corrected chi connectivity index (χ0v) is 17.2. The van der Waals surface area contributed by atoms with Gasteiger partial charge in [0.05, 0.1) is 24.1 Å². The first-order valence-corrected chi connectivity index (χ1v) is 10.3. The van der Waals surface area contributed by atoms with E-state index in [0.29, 0.717) is 53.0 Å². The number of benzene rings is 1. The van der Waals surface area contributed by atoms with Crippen LogP contribution in [0, 0.1) is 4.77 Å². The monoisotopic (exact) mass is 391 g/mol. The smallest absolute Gasteiger partial charge is 0.262 e. The highest BCUT2D eigenvalue weighted by Crippen LogP contribution is 2.30. The standard InChI is InChI=1S/C20H29N3O3S/c1-4-25-17-12-15-16(13-18(17)26-5-2)21-20(27)23(19(15)24)11-10-22-9-7-6-8-14(22)3/h12-14H,4-11H2,1-3H3,(H,21,27)/t14-/m1/s1. The molecule has 1 atom stereocenters. The molecule has 6 nitrogen and oxygen atoms in total. The van der Waals surface area contributed by atoms with E-state index in [0.717, 1.165) is 13.1 Å². The van der Waals surface area contributed by atoms with Gasteiger partial charge < -0.3 is 14.5 Å². The molecule has 1 aliphatic rings. The number of ether oxygens (including phenoxy) is 2. The molecule has 0 spiro atoms. The van der Waals surface area contributed by atoms with Gasteiger partial charge in [-0.25, -0.2) is 0 Å². The van der Waals surface area contributed by atoms with Gasteiger partial charge >= 0.3 is 0 Å². The van der Waals surface area contributed by atoms with Crippen LogP contribution in [0.2, 0.25) is 0 Å². The van der Waals surface area contributed by atoms with Gasteiger partial charge in [0.25, 0.3) is 5.56 Å². The molecule has 1 saturated heterocycles. The van der Waals surface area contributed by atoms with Crippen LogP contribution >= 0.6 is 12.2 Å². The van der Waals surface area contributed by atoms with Gasteiger partial charge in [0.2, 0.25) is 0 Å². The quantitative estimate of drug-likeness (QED) is 0.729. The summed E-state index contributed by atoms with van der Waals surface area (Å²) in [4.78, 5) is 18.7. The third kappa shape index (κ3) is 4.35. The molecule has 0 saturated carbocycles. The van der Waals surface area contributed by atoms with Crippen molar-refractivity contribution in [1.29, 1.82) is 0 Å². The molecule has 0 radical (unpaired) electrons. The molecule has 1 aliphatic heterocycles. The van der Waals surface area contributed by atoms with Gasteiger partial charge in [-0.05, 0) is 58.4 Å². The summed E-state index contributed by atoms with van der Waals surface area (Å²) >= 11 is 5.47. The van der Waals surface area contributed by atoms with Crippen molar-refractivity contribution in [3.05, 3.63) is 27.3 Å². The average Bonchev–Trinajstić information content (AvgIpc) is 2.64. The number of likely N-dealkylation sites (tertiary alicyclic amines) is 1. The van der Waals surface area contributed by atoms with Crippen molar-refractivity contribution in [1.82, 2.24) is 14.5 Å². The Morgan fingerprint density at radius 3 is 2.52 bits per heavy atom. The molecular formula is C20H29N3O3S. The maximum absolute atomic E-state index is 13.1. The molecule has 0 unspecified atom stereocenters. The molecule has 0 amide bonds. The summed E-state index contributed by atoms with van der Waals surface area (Å²) in [6.07, 6.45) is 3.73. The summed E-state index contributed by atoms with van der Waals surface area (Å²) in [5, 5.41) is 0.571. The molecule has 1 aromatic carbocycles. The van der Waals surface area contributed by atoms with Crippen molar-refractivity contribution in [3.8, 4) is 11.5 Å². The Labute approximate surface area is 165 Å². The second-order valence-corrected chi connectivity index (χ2v) is 7.36. The topological polar surface area (TPSA) is 59.5 Å². The molecule has 7 heteroatoms. The van der Waals surface area contributed by atoms with Crippen LogP contribution < -0.4 is 15.0 Å². The number of piperidine rings is 1. The van der Waals surface area contributed by atoms with Crippen molar-refractivity contribution in [2.24, 2.45) is 0 Å². The Morgan fingerprint density at radius 2 is 1.85 bits per heavy atom. The summed E-state index contributed by atoms with van der Waals surface area (Å²) in [6, 6.07) is 4.13. The number of H-pyrrole nitrogens is 1. The number of rotatable bonds is 7. The van der Waals surface area contributed by atoms with Gasteiger partial charge in [-0.15, -0.1) is 0 Å². The molecule has 1 fully saturated rings. The first-order chi connectivity index (χ1) is 13.0. The highest BCUT2D eigenvalue weighted by atomic mass is 32.1. The lowest BCUT2D eigenvalue weighted by Gasteiger charge is -2.33. The Morgan fingerprint density at radius 1 is 1.15 bits per heavy atom. The predicted molar refractivity (Wildman–Crippen MR) is 111 cm³/mol. The van der Waals surface area contributed by atoms with Gasteiger partial charge in [0, 0.05) is 25.2 Å². The van der Waals surface area contributed by atoms with E-state index in [-0.39, 0.29) is 5.56 Å². The molecular weight excluding hydrogens is 362 g/mol. The molecule has 3 rings (SSSR count). The third-order valence-corrected chi connectivity index (χ3v) is 5.52. The summed E-state index contributed by atoms with van der Waals surface area (Å²) in [7, 11) is 0. The summed E-state index contributed by atoms with van der Waals surface area (Å²) < 4.78 is 13.4. The minimum atomic E-state index is -0.0811. The van der Waals surface area contributed by atoms with E-state index in [2.05, 4.69) is 16.8 Å². The van der Waals surface area contributed by atoms with Crippen molar-refractivity contribution in [2.75, 3.05) is 26.3 Å². The maximum Gasteiger partial charge on any atom is 0.262 e. The zero-order chi connectivity index (χ0) is 19.4. The second-order valence-electron chi connectivity index (χ2n) is 6.98. The highest BCUT2D eigenvalue weighted by Gasteiger charge is 2.18. The second kappa shape index (κ2) is 8.89. The molecule has 0 bridgehead atoms. The Balaban J connectivity index is 1.95. The van der Waals surface area contributed by atoms with E-state index in [1.807, 2.05) is 13.8 Å². The van der Waals surface area contributed by atoms with Gasteiger partial charge in [0.1, 0.15) is 0 Å². The Kier molecular flexibility index (Phi) is 6.55. The van der Waals surface area contributed by atoms with E-state index < -0.39 is 0 Å². The Hall–Kier alpha value is -1.86. The van der Waals surface area contributed by atoms with Crippen LogP contribution in [0.25, 0.3) is 10.9 Å². The van der Waals surface area contributed by atoms with E-state index in [1.165, 1.54) is 19.3 Å². The van der Waals surface area contributed by atoms with E-state index in [1.54, 1.807) is 16.7 Å². The van der Waals surface area contributed by atoms with E-state index in [9.17, 15) is 4.79 Å². The van der Waals surface area contributed by atoms with Crippen LogP contribution in [0.5, 0.6) is 11.5 Å². The first-order valence-electron chi connectivity index (χ1n) is 9.85. The SMILES string of the molecule is CCOc1cc2[nH]c(=S)n(CCN3CCCC[C@H]3C)c(=O)c2cc1OCC. The van der Waals surface area contributed by atoms with Gasteiger partial charge in [0.15, 0.2) is 16.3 Å². The van der Waals surface area contributed by atoms with Crippen LogP contribution in [-0.4, -0.2) is 46.8 Å². The zero-order valence-electron chi connectivity index (χ0n) is 16.4. The summed E-state index contributed by atoms with van der Waals surface area (Å²) in [5.74, 6) is 1.21. The molecule has 27 heavy (non-hydrogen) atoms. The maximum atomic E-state index is 13.1. The number of aromatic nitrogens is 2. The fourth-order valence-electron chi connectivity index (χ4n) is 3.72. The first kappa shape index (κ1) is 19.9. The fraction of sp³-hybridized carbons (Fsp3) is 0.600. The van der Waals surface area contributed by atoms with Crippen molar-refractivity contribution < 1.29 is 9.47 Å². The molecule has 1 aromatic heterocycles. The lowest BCUT2D eigenvalue weighted by Crippen LogP contribution is -2.40. The number of hydrogen-bond acceptors (Lipinski definition) is 5. The van der Waals surface area contributed by atoms with Crippen LogP contribution in [0.3, 0.4) is 0 Å². The molecule has 2 heterocycles. The van der Waals surface area contributed by atoms with Gasteiger partial charge in [-0.3, -0.25) is 14.3 Å². The number of fused-ring (bicyclic) bond motifs is 1. The molecule has 2 aromatic rings. The molecule has 148 valence electrons. The normalized spacial score (nSPS) is 18.0. The number of nitrogens with zero attached hydrogens (tertiary/aromatic N) is 2. The average molecular weight is 392 g/mol. The third-order valence-electron chi connectivity index (χ3n) is 5.20. The largest absolute Gasteiger partial charge is 0.490 e. The molecule has 0 aliphatic carbocycles. The van der Waals surface area contributed by atoms with Crippen LogP contribution in [0.4, 0.5) is 0 Å². The highest BCUT2D eigenvalue weighted by molar-refractivity contribution is 7.71. The van der Waals surface area contributed by atoms with E-state index in [4.69, 9.17) is 21.7 Å². The lowest BCUT2D eigenvalue weighted by molar-refractivity contribution is 0.154. The van der Waals surface area contributed by atoms with E-state index >= 15 is 0 Å². The Bertz CT molecular complexity index is 906. The van der Waals surface area contributed by atoms with Gasteiger partial charge in [-0.2, -0.15) is 0 Å². The van der Waals surface area contributed by atoms with Crippen molar-refractivity contribution in [3.63, 3.8) is 0 Å². The summed E-state index contributed by atoms with van der Waals surface area (Å²) in [6.45, 7) is 9.63. The van der Waals surface area contributed by atoms with Gasteiger partial charge in [-0.1, -0.05) is 6.42 Å². The predicted octanol–water partition coefficient (Wildman–Crippen LogP) is 3.73. The fourth-order valence-corrected chi connectivity index (χ4v) is 4.00. The molecule has 1 N–H and O–H groups in total. The number of hydrogen-bond donors (Lipinski definition) is 1. The van der Waals surface area contributed by atoms with Crippen LogP contribution in [-0.2, 0) is 6.54 Å². The minimum Gasteiger partial charge on any atom is -0.490 e. The number of aromatic amines is 1. The minimum absolute atomic E-state index is 0.0811. The van der Waals surface area contributed by atoms with Crippen LogP contribution in [0.15, 0.2) is 16.9 Å². The lowest BCUT2D eigenvalue weighted by atomic mass is 10.0. The number of nitrogens with one attached hydrogen (secondary N) is 1. The van der Waals surface area contributed by atoms with Crippen molar-refractivity contribution >= 4 is 23.1 Å². The summed E-state index contributed by atoms with van der Waals surface area (Å²) in [5.41, 5.74) is 0.599.